The van der Waals surface area contributed by atoms with E-state index in [1.54, 1.807) is 18.2 Å². The summed E-state index contributed by atoms with van der Waals surface area (Å²) in [5.41, 5.74) is 0.575. The Morgan fingerprint density at radius 3 is 2.67 bits per heavy atom. The lowest BCUT2D eigenvalue weighted by molar-refractivity contribution is 0.0934. The predicted molar refractivity (Wildman–Crippen MR) is 77.5 cm³/mol. The largest absolute Gasteiger partial charge is 0.349 e. The van der Waals surface area contributed by atoms with E-state index >= 15 is 0 Å². The molecule has 0 spiro atoms. The van der Waals surface area contributed by atoms with E-state index in [0.717, 1.165) is 12.8 Å². The van der Waals surface area contributed by atoms with Gasteiger partial charge in [0.25, 0.3) is 5.91 Å². The van der Waals surface area contributed by atoms with Gasteiger partial charge in [-0.15, -0.1) is 0 Å². The minimum absolute atomic E-state index is 0.115. The molecule has 1 saturated heterocycles. The lowest BCUT2D eigenvalue weighted by Gasteiger charge is -2.22. The van der Waals surface area contributed by atoms with E-state index < -0.39 is 10.8 Å². The molecule has 1 aliphatic rings. The van der Waals surface area contributed by atoms with Gasteiger partial charge in [-0.1, -0.05) is 11.6 Å². The van der Waals surface area contributed by atoms with Crippen LogP contribution >= 0.6 is 27.5 Å². The maximum atomic E-state index is 12.1. The average molecular weight is 351 g/mol. The van der Waals surface area contributed by atoms with Crippen molar-refractivity contribution in [3.05, 3.63) is 33.3 Å². The fourth-order valence-electron chi connectivity index (χ4n) is 1.87. The summed E-state index contributed by atoms with van der Waals surface area (Å²) in [6, 6.07) is 5.21. The van der Waals surface area contributed by atoms with Gasteiger partial charge in [-0.05, 0) is 47.0 Å². The van der Waals surface area contributed by atoms with Gasteiger partial charge in [0.2, 0.25) is 0 Å². The molecular weight excluding hydrogens is 338 g/mol. The van der Waals surface area contributed by atoms with E-state index in [2.05, 4.69) is 21.2 Å². The molecule has 18 heavy (non-hydrogen) atoms. The minimum Gasteiger partial charge on any atom is -0.349 e. The molecule has 98 valence electrons. The van der Waals surface area contributed by atoms with Gasteiger partial charge in [0.15, 0.2) is 0 Å². The van der Waals surface area contributed by atoms with Crippen LogP contribution < -0.4 is 5.32 Å². The highest BCUT2D eigenvalue weighted by Crippen LogP contribution is 2.22. The molecule has 1 N–H and O–H groups in total. The highest BCUT2D eigenvalue weighted by Gasteiger charge is 2.20. The van der Waals surface area contributed by atoms with Crippen molar-refractivity contribution in [3.8, 4) is 0 Å². The van der Waals surface area contributed by atoms with Crippen molar-refractivity contribution in [2.45, 2.75) is 18.9 Å². The van der Waals surface area contributed by atoms with Crippen molar-refractivity contribution in [2.75, 3.05) is 11.5 Å². The van der Waals surface area contributed by atoms with E-state index in [1.807, 2.05) is 0 Å². The van der Waals surface area contributed by atoms with E-state index in [-0.39, 0.29) is 11.9 Å². The zero-order chi connectivity index (χ0) is 13.1. The monoisotopic (exact) mass is 349 g/mol. The van der Waals surface area contributed by atoms with Crippen molar-refractivity contribution in [1.29, 1.82) is 0 Å². The van der Waals surface area contributed by atoms with Crippen LogP contribution in [0.5, 0.6) is 0 Å². The Hall–Kier alpha value is -0.390. The number of benzene rings is 1. The van der Waals surface area contributed by atoms with Crippen LogP contribution in [0.4, 0.5) is 0 Å². The zero-order valence-electron chi connectivity index (χ0n) is 9.62. The van der Waals surface area contributed by atoms with Gasteiger partial charge in [-0.3, -0.25) is 9.00 Å². The number of carbonyl (C=O) groups excluding carboxylic acids is 1. The summed E-state index contributed by atoms with van der Waals surface area (Å²) in [6.45, 7) is 0. The van der Waals surface area contributed by atoms with Gasteiger partial charge in [0.05, 0.1) is 5.56 Å². The minimum atomic E-state index is -0.706. The molecule has 0 radical (unpaired) electrons. The topological polar surface area (TPSA) is 46.2 Å². The van der Waals surface area contributed by atoms with Gasteiger partial charge in [0, 0.05) is 37.8 Å². The first-order valence-corrected chi connectivity index (χ1v) is 8.33. The molecule has 1 aliphatic heterocycles. The Labute approximate surface area is 122 Å². The summed E-state index contributed by atoms with van der Waals surface area (Å²) in [5.74, 6) is 1.23. The van der Waals surface area contributed by atoms with Crippen LogP contribution in [0.2, 0.25) is 5.02 Å². The Balaban J connectivity index is 2.01. The molecule has 0 aromatic heterocycles. The highest BCUT2D eigenvalue weighted by molar-refractivity contribution is 9.10. The lowest BCUT2D eigenvalue weighted by atomic mass is 10.1. The number of hydrogen-bond donors (Lipinski definition) is 1. The number of carbonyl (C=O) groups is 1. The summed E-state index contributed by atoms with van der Waals surface area (Å²) in [4.78, 5) is 12.1. The van der Waals surface area contributed by atoms with Crippen LogP contribution in [0.15, 0.2) is 22.7 Å². The molecule has 6 heteroatoms. The van der Waals surface area contributed by atoms with Crippen LogP contribution in [-0.2, 0) is 10.8 Å². The molecule has 0 bridgehead atoms. The average Bonchev–Trinajstić information content (AvgIpc) is 2.32. The van der Waals surface area contributed by atoms with E-state index in [9.17, 15) is 9.00 Å². The quantitative estimate of drug-likeness (QED) is 0.891. The third kappa shape index (κ3) is 3.56. The predicted octanol–water partition coefficient (Wildman–Crippen LogP) is 2.74. The van der Waals surface area contributed by atoms with Crippen LogP contribution in [0.3, 0.4) is 0 Å². The van der Waals surface area contributed by atoms with Crippen LogP contribution in [0, 0.1) is 0 Å². The van der Waals surface area contributed by atoms with Gasteiger partial charge < -0.3 is 5.32 Å². The van der Waals surface area contributed by atoms with Crippen LogP contribution in [0.25, 0.3) is 0 Å². The Morgan fingerprint density at radius 2 is 2.06 bits per heavy atom. The second-order valence-corrected chi connectivity index (χ2v) is 7.21. The number of rotatable bonds is 2. The van der Waals surface area contributed by atoms with Gasteiger partial charge in [-0.25, -0.2) is 0 Å². The summed E-state index contributed by atoms with van der Waals surface area (Å²) in [7, 11) is -0.706. The van der Waals surface area contributed by atoms with E-state index in [1.165, 1.54) is 0 Å². The summed E-state index contributed by atoms with van der Waals surface area (Å²) < 4.78 is 11.9. The number of hydrogen-bond acceptors (Lipinski definition) is 2. The molecule has 1 heterocycles. The molecule has 1 aromatic carbocycles. The second-order valence-electron chi connectivity index (χ2n) is 4.22. The molecule has 0 aliphatic carbocycles. The molecule has 2 rings (SSSR count). The molecule has 0 atom stereocenters. The van der Waals surface area contributed by atoms with Crippen molar-refractivity contribution in [3.63, 3.8) is 0 Å². The first-order chi connectivity index (χ1) is 8.56. The van der Waals surface area contributed by atoms with Crippen molar-refractivity contribution < 1.29 is 9.00 Å². The molecule has 0 unspecified atom stereocenters. The number of nitrogens with one attached hydrogen (secondary N) is 1. The standard InChI is InChI=1S/C12H13BrClNO2S/c13-11-7-8(14)1-2-10(11)12(16)15-9-3-5-18(17)6-4-9/h1-2,7,9H,3-6H2,(H,15,16). The smallest absolute Gasteiger partial charge is 0.252 e. The summed E-state index contributed by atoms with van der Waals surface area (Å²) in [5, 5.41) is 3.56. The molecule has 1 fully saturated rings. The van der Waals surface area contributed by atoms with Gasteiger partial charge in [-0.2, -0.15) is 0 Å². The Bertz CT molecular complexity index is 485. The molecule has 3 nitrogen and oxygen atoms in total. The van der Waals surface area contributed by atoms with Gasteiger partial charge in [0.1, 0.15) is 0 Å². The summed E-state index contributed by atoms with van der Waals surface area (Å²) >= 11 is 9.16. The van der Waals surface area contributed by atoms with Gasteiger partial charge >= 0.3 is 0 Å². The molecule has 1 aromatic rings. The number of halogens is 2. The van der Waals surface area contributed by atoms with Crippen LogP contribution in [0.1, 0.15) is 23.2 Å². The fourth-order valence-corrected chi connectivity index (χ4v) is 4.04. The fraction of sp³-hybridized carbons (Fsp3) is 0.417. The number of amides is 1. The third-order valence-corrected chi connectivity index (χ3v) is 5.17. The summed E-state index contributed by atoms with van der Waals surface area (Å²) in [6.07, 6.45) is 1.56. The van der Waals surface area contributed by atoms with Crippen molar-refractivity contribution in [1.82, 2.24) is 5.32 Å². The van der Waals surface area contributed by atoms with Crippen LogP contribution in [-0.4, -0.2) is 27.7 Å². The van der Waals surface area contributed by atoms with Crippen molar-refractivity contribution >= 4 is 44.2 Å². The first kappa shape index (κ1) is 14.0. The second kappa shape index (κ2) is 6.17. The SMILES string of the molecule is O=C(NC1CCS(=O)CC1)c1ccc(Cl)cc1Br. The Morgan fingerprint density at radius 1 is 1.39 bits per heavy atom. The lowest BCUT2D eigenvalue weighted by Crippen LogP contribution is -2.39. The maximum Gasteiger partial charge on any atom is 0.252 e. The molecule has 0 saturated carbocycles. The third-order valence-electron chi connectivity index (χ3n) is 2.90. The molecular formula is C12H13BrClNO2S. The zero-order valence-corrected chi connectivity index (χ0v) is 12.8. The Kier molecular flexibility index (Phi) is 4.81. The normalized spacial score (nSPS) is 23.7. The van der Waals surface area contributed by atoms with E-state index in [0.29, 0.717) is 26.6 Å². The maximum absolute atomic E-state index is 12.1. The first-order valence-electron chi connectivity index (χ1n) is 5.67. The van der Waals surface area contributed by atoms with E-state index in [4.69, 9.17) is 11.6 Å². The molecule has 1 amide bonds. The highest BCUT2D eigenvalue weighted by atomic mass is 79.9. The van der Waals surface area contributed by atoms with Crippen molar-refractivity contribution in [2.24, 2.45) is 0 Å².